The summed E-state index contributed by atoms with van der Waals surface area (Å²) in [6.45, 7) is 4.07. The first-order valence-corrected chi connectivity index (χ1v) is 9.97. The number of ether oxygens (including phenoxy) is 1. The Morgan fingerprint density at radius 1 is 1.26 bits per heavy atom. The molecule has 0 saturated carbocycles. The first kappa shape index (κ1) is 22.9. The summed E-state index contributed by atoms with van der Waals surface area (Å²) in [7, 11) is 0. The summed E-state index contributed by atoms with van der Waals surface area (Å²) in [5.74, 6) is -2.45. The number of urea groups is 1. The predicted octanol–water partition coefficient (Wildman–Crippen LogP) is 2.60. The van der Waals surface area contributed by atoms with E-state index in [4.69, 9.17) is 9.15 Å². The van der Waals surface area contributed by atoms with E-state index in [1.807, 2.05) is 0 Å². The summed E-state index contributed by atoms with van der Waals surface area (Å²) in [5, 5.41) is 5.27. The number of likely N-dealkylation sites (tertiary alicyclic amines) is 1. The molecular formula is C20H24F3N3O5. The lowest BCUT2D eigenvalue weighted by Crippen LogP contribution is -2.49. The number of halogens is 3. The Hall–Kier alpha value is -2.82. The Balaban J connectivity index is 1.81. The lowest BCUT2D eigenvalue weighted by molar-refractivity contribution is -0.176. The van der Waals surface area contributed by atoms with Crippen molar-refractivity contribution < 1.29 is 36.7 Å². The quantitative estimate of drug-likeness (QED) is 0.656. The average Bonchev–Trinajstić information content (AvgIpc) is 3.13. The third-order valence-electron chi connectivity index (χ3n) is 5.31. The van der Waals surface area contributed by atoms with E-state index in [9.17, 15) is 27.6 Å². The maximum atomic E-state index is 12.7. The van der Waals surface area contributed by atoms with Crippen molar-refractivity contribution in [2.75, 3.05) is 26.2 Å². The van der Waals surface area contributed by atoms with Crippen molar-refractivity contribution in [2.24, 2.45) is 5.92 Å². The van der Waals surface area contributed by atoms with Crippen molar-refractivity contribution in [3.63, 3.8) is 0 Å². The Morgan fingerprint density at radius 3 is 2.48 bits per heavy atom. The average molecular weight is 443 g/mol. The van der Waals surface area contributed by atoms with Gasteiger partial charge in [0.15, 0.2) is 0 Å². The number of Topliss-reactive ketones (excluding diaryl/α,β-unsaturated/α-hetero) is 1. The van der Waals surface area contributed by atoms with Crippen LogP contribution in [0.25, 0.3) is 0 Å². The summed E-state index contributed by atoms with van der Waals surface area (Å²) in [6, 6.07) is 1.95. The highest BCUT2D eigenvalue weighted by molar-refractivity contribution is 5.95. The van der Waals surface area contributed by atoms with Gasteiger partial charge in [-0.3, -0.25) is 9.69 Å². The smallest absolute Gasteiger partial charge is 0.450 e. The molecule has 1 saturated heterocycles. The van der Waals surface area contributed by atoms with Crippen molar-refractivity contribution in [1.82, 2.24) is 15.5 Å². The normalized spacial score (nSPS) is 20.9. The molecule has 0 radical (unpaired) electrons. The monoisotopic (exact) mass is 443 g/mol. The molecule has 0 aromatic carbocycles. The molecule has 0 unspecified atom stereocenters. The van der Waals surface area contributed by atoms with E-state index in [0.717, 1.165) is 0 Å². The maximum absolute atomic E-state index is 12.7. The molecule has 0 spiro atoms. The molecule has 1 atom stereocenters. The molecule has 1 fully saturated rings. The number of carbonyl (C=O) groups is 3. The predicted molar refractivity (Wildman–Crippen MR) is 102 cm³/mol. The van der Waals surface area contributed by atoms with E-state index in [0.29, 0.717) is 17.2 Å². The van der Waals surface area contributed by atoms with Crippen LogP contribution < -0.4 is 10.6 Å². The summed E-state index contributed by atoms with van der Waals surface area (Å²) >= 11 is 0. The number of ketones is 1. The van der Waals surface area contributed by atoms with Gasteiger partial charge in [-0.25, -0.2) is 9.59 Å². The number of carbonyl (C=O) groups excluding carboxylic acids is 3. The van der Waals surface area contributed by atoms with Gasteiger partial charge in [-0.15, -0.1) is 0 Å². The van der Waals surface area contributed by atoms with Crippen LogP contribution in [0.1, 0.15) is 37.3 Å². The molecule has 0 aliphatic carbocycles. The second-order valence-corrected chi connectivity index (χ2v) is 7.51. The number of nitrogens with zero attached hydrogens (tertiary/aromatic N) is 1. The molecule has 11 heteroatoms. The van der Waals surface area contributed by atoms with Gasteiger partial charge in [0, 0.05) is 18.2 Å². The number of amides is 2. The minimum absolute atomic E-state index is 0.0490. The van der Waals surface area contributed by atoms with Crippen LogP contribution in [0.3, 0.4) is 0 Å². The summed E-state index contributed by atoms with van der Waals surface area (Å²) in [6.07, 6.45) is -4.75. The highest BCUT2D eigenvalue weighted by Gasteiger charge is 2.44. The van der Waals surface area contributed by atoms with Crippen LogP contribution >= 0.6 is 0 Å². The van der Waals surface area contributed by atoms with Crippen molar-refractivity contribution in [1.29, 1.82) is 0 Å². The summed E-state index contributed by atoms with van der Waals surface area (Å²) in [4.78, 5) is 38.2. The fraction of sp³-hybridized carbons (Fsp3) is 0.550. The molecule has 3 heterocycles. The number of piperidine rings is 1. The SMILES string of the molecule is CCOC(=O)C1=C(CN2CCC(C(=O)C(F)(F)F)CC2)NC(=O)N[C@@H]1c1ccc(C)o1. The highest BCUT2D eigenvalue weighted by atomic mass is 19.4. The van der Waals surface area contributed by atoms with E-state index in [-0.39, 0.29) is 44.7 Å². The van der Waals surface area contributed by atoms with Crippen molar-refractivity contribution in [3.8, 4) is 0 Å². The molecule has 1 aromatic heterocycles. The molecule has 0 bridgehead atoms. The van der Waals surface area contributed by atoms with Gasteiger partial charge in [0.05, 0.1) is 12.2 Å². The summed E-state index contributed by atoms with van der Waals surface area (Å²) in [5.41, 5.74) is 0.464. The fourth-order valence-electron chi connectivity index (χ4n) is 3.82. The zero-order valence-electron chi connectivity index (χ0n) is 17.2. The van der Waals surface area contributed by atoms with E-state index in [2.05, 4.69) is 10.6 Å². The second-order valence-electron chi connectivity index (χ2n) is 7.51. The first-order valence-electron chi connectivity index (χ1n) is 9.97. The minimum atomic E-state index is -4.84. The highest BCUT2D eigenvalue weighted by Crippen LogP contribution is 2.31. The molecule has 1 aromatic rings. The van der Waals surface area contributed by atoms with E-state index < -0.39 is 35.9 Å². The number of furan rings is 1. The number of alkyl halides is 3. The molecule has 2 N–H and O–H groups in total. The zero-order valence-corrected chi connectivity index (χ0v) is 17.2. The molecule has 8 nitrogen and oxygen atoms in total. The topological polar surface area (TPSA) is 101 Å². The lowest BCUT2D eigenvalue weighted by atomic mass is 9.91. The van der Waals surface area contributed by atoms with Crippen LogP contribution in [-0.2, 0) is 14.3 Å². The molecular weight excluding hydrogens is 419 g/mol. The minimum Gasteiger partial charge on any atom is -0.464 e. The number of rotatable bonds is 6. The fourth-order valence-corrected chi connectivity index (χ4v) is 3.82. The van der Waals surface area contributed by atoms with Crippen LogP contribution in [0, 0.1) is 12.8 Å². The first-order chi connectivity index (χ1) is 14.6. The van der Waals surface area contributed by atoms with Crippen LogP contribution in [-0.4, -0.2) is 55.1 Å². The Morgan fingerprint density at radius 2 is 1.94 bits per heavy atom. The summed E-state index contributed by atoms with van der Waals surface area (Å²) < 4.78 is 48.8. The van der Waals surface area contributed by atoms with Crippen LogP contribution in [0.4, 0.5) is 18.0 Å². The number of nitrogens with one attached hydrogen (secondary N) is 2. The van der Waals surface area contributed by atoms with Gasteiger partial charge >= 0.3 is 18.2 Å². The molecule has 3 rings (SSSR count). The van der Waals surface area contributed by atoms with Gasteiger partial charge in [0.25, 0.3) is 0 Å². The van der Waals surface area contributed by atoms with Crippen molar-refractivity contribution in [3.05, 3.63) is 34.9 Å². The molecule has 2 aliphatic heterocycles. The van der Waals surface area contributed by atoms with Crippen LogP contribution in [0.2, 0.25) is 0 Å². The van der Waals surface area contributed by atoms with E-state index in [1.54, 1.807) is 30.9 Å². The van der Waals surface area contributed by atoms with Crippen LogP contribution in [0.15, 0.2) is 27.8 Å². The molecule has 2 aliphatic rings. The zero-order chi connectivity index (χ0) is 22.8. The molecule has 2 amide bonds. The van der Waals surface area contributed by atoms with Crippen molar-refractivity contribution >= 4 is 17.8 Å². The van der Waals surface area contributed by atoms with Gasteiger partial charge in [-0.2, -0.15) is 13.2 Å². The third-order valence-corrected chi connectivity index (χ3v) is 5.31. The number of esters is 1. The number of hydrogen-bond donors (Lipinski definition) is 2. The number of hydrogen-bond acceptors (Lipinski definition) is 6. The maximum Gasteiger partial charge on any atom is 0.450 e. The van der Waals surface area contributed by atoms with Gasteiger partial charge in [-0.1, -0.05) is 0 Å². The largest absolute Gasteiger partial charge is 0.464 e. The van der Waals surface area contributed by atoms with Gasteiger partial charge < -0.3 is 19.8 Å². The van der Waals surface area contributed by atoms with Crippen LogP contribution in [0.5, 0.6) is 0 Å². The Kier molecular flexibility index (Phi) is 6.73. The molecule has 170 valence electrons. The van der Waals surface area contributed by atoms with Crippen molar-refractivity contribution in [2.45, 2.75) is 38.9 Å². The Bertz CT molecular complexity index is 885. The van der Waals surface area contributed by atoms with E-state index in [1.165, 1.54) is 0 Å². The van der Waals surface area contributed by atoms with Gasteiger partial charge in [0.1, 0.15) is 17.6 Å². The Labute approximate surface area is 176 Å². The van der Waals surface area contributed by atoms with E-state index >= 15 is 0 Å². The molecule has 31 heavy (non-hydrogen) atoms. The van der Waals surface area contributed by atoms with Gasteiger partial charge in [0.2, 0.25) is 5.78 Å². The second kappa shape index (κ2) is 9.13. The standard InChI is InChI=1S/C20H24F3N3O5/c1-3-30-18(28)15-13(24-19(29)25-16(15)14-5-4-11(2)31-14)10-26-8-6-12(7-9-26)17(27)20(21,22)23/h4-5,12,16H,3,6-10H2,1-2H3,(H2,24,25,29)/t16-/m1/s1. The van der Waals surface area contributed by atoms with Gasteiger partial charge in [-0.05, 0) is 51.9 Å². The lowest BCUT2D eigenvalue weighted by Gasteiger charge is -2.34. The number of aryl methyl sites for hydroxylation is 1. The third kappa shape index (κ3) is 5.27.